The molecule has 0 aliphatic rings. The van der Waals surface area contributed by atoms with Crippen LogP contribution in [0.5, 0.6) is 5.75 Å². The number of benzene rings is 1. The van der Waals surface area contributed by atoms with Gasteiger partial charge in [0.2, 0.25) is 0 Å². The molecule has 6 nitrogen and oxygen atoms in total. The van der Waals surface area contributed by atoms with Crippen molar-refractivity contribution in [3.8, 4) is 5.75 Å². The Balaban J connectivity index is 3.00. The Kier molecular flexibility index (Phi) is 4.52. The van der Waals surface area contributed by atoms with Crippen molar-refractivity contribution in [1.29, 1.82) is 0 Å². The van der Waals surface area contributed by atoms with Gasteiger partial charge in [0, 0.05) is 5.69 Å². The van der Waals surface area contributed by atoms with Crippen molar-refractivity contribution in [2.45, 2.75) is 12.5 Å². The molecule has 1 amide bonds. The number of carbonyl (C=O) groups excluding carboxylic acids is 1. The number of hydrogen-bond donors (Lipinski definition) is 4. The molecule has 0 aliphatic carbocycles. The molecular formula is C12H18N2O4. The molecule has 18 heavy (non-hydrogen) atoms. The van der Waals surface area contributed by atoms with Gasteiger partial charge in [0.05, 0.1) is 31.4 Å². The Morgan fingerprint density at radius 2 is 2.06 bits per heavy atom. The second-order valence-electron chi connectivity index (χ2n) is 4.29. The average Bonchev–Trinajstić information content (AvgIpc) is 2.38. The van der Waals surface area contributed by atoms with Crippen LogP contribution in [0, 0.1) is 0 Å². The van der Waals surface area contributed by atoms with E-state index in [4.69, 9.17) is 20.7 Å². The van der Waals surface area contributed by atoms with Crippen LogP contribution < -0.4 is 15.8 Å². The van der Waals surface area contributed by atoms with Gasteiger partial charge in [0.1, 0.15) is 5.75 Å². The summed E-state index contributed by atoms with van der Waals surface area (Å²) in [5.74, 6) is -0.0929. The van der Waals surface area contributed by atoms with Gasteiger partial charge < -0.3 is 26.0 Å². The number of carbonyl (C=O) groups is 1. The first-order valence-electron chi connectivity index (χ1n) is 5.43. The summed E-state index contributed by atoms with van der Waals surface area (Å²) in [7, 11) is 1.44. The predicted molar refractivity (Wildman–Crippen MR) is 67.4 cm³/mol. The summed E-state index contributed by atoms with van der Waals surface area (Å²) in [6, 6.07) is 4.68. The van der Waals surface area contributed by atoms with Crippen LogP contribution in [0.2, 0.25) is 0 Å². The SMILES string of the molecule is COc1ccc(N)cc1C(=O)NC(C)(CO)CO. The first kappa shape index (κ1) is 14.3. The van der Waals surface area contributed by atoms with Gasteiger partial charge in [-0.2, -0.15) is 0 Å². The Hall–Kier alpha value is -1.79. The number of nitrogen functional groups attached to an aromatic ring is 1. The van der Waals surface area contributed by atoms with E-state index >= 15 is 0 Å². The summed E-state index contributed by atoms with van der Waals surface area (Å²) in [6.07, 6.45) is 0. The number of ether oxygens (including phenoxy) is 1. The van der Waals surface area contributed by atoms with E-state index in [2.05, 4.69) is 5.32 Å². The molecule has 0 aromatic heterocycles. The second-order valence-corrected chi connectivity index (χ2v) is 4.29. The summed E-state index contributed by atoms with van der Waals surface area (Å²) < 4.78 is 5.06. The van der Waals surface area contributed by atoms with Crippen LogP contribution in [-0.4, -0.2) is 42.0 Å². The highest BCUT2D eigenvalue weighted by Gasteiger charge is 2.26. The van der Waals surface area contributed by atoms with E-state index in [0.717, 1.165) is 0 Å². The predicted octanol–water partition coefficient (Wildman–Crippen LogP) is -0.249. The highest BCUT2D eigenvalue weighted by atomic mass is 16.5. The van der Waals surface area contributed by atoms with Crippen LogP contribution in [0.25, 0.3) is 0 Å². The third-order valence-corrected chi connectivity index (χ3v) is 2.58. The molecule has 0 saturated heterocycles. The highest BCUT2D eigenvalue weighted by Crippen LogP contribution is 2.21. The lowest BCUT2D eigenvalue weighted by molar-refractivity contribution is 0.0721. The molecule has 0 atom stereocenters. The number of rotatable bonds is 5. The Morgan fingerprint density at radius 1 is 1.44 bits per heavy atom. The lowest BCUT2D eigenvalue weighted by Gasteiger charge is -2.26. The number of methoxy groups -OCH3 is 1. The molecule has 0 heterocycles. The fourth-order valence-electron chi connectivity index (χ4n) is 1.37. The maximum atomic E-state index is 12.0. The van der Waals surface area contributed by atoms with E-state index in [1.54, 1.807) is 12.1 Å². The van der Waals surface area contributed by atoms with Crippen molar-refractivity contribution in [2.24, 2.45) is 0 Å². The number of nitrogens with one attached hydrogen (secondary N) is 1. The molecule has 0 unspecified atom stereocenters. The third kappa shape index (κ3) is 3.12. The van der Waals surface area contributed by atoms with Crippen molar-refractivity contribution in [2.75, 3.05) is 26.1 Å². The van der Waals surface area contributed by atoms with E-state index in [-0.39, 0.29) is 18.8 Å². The molecule has 1 rings (SSSR count). The third-order valence-electron chi connectivity index (χ3n) is 2.58. The smallest absolute Gasteiger partial charge is 0.255 e. The Bertz CT molecular complexity index is 430. The van der Waals surface area contributed by atoms with Gasteiger partial charge in [-0.15, -0.1) is 0 Å². The van der Waals surface area contributed by atoms with Gasteiger partial charge in [-0.3, -0.25) is 4.79 Å². The zero-order chi connectivity index (χ0) is 13.8. The lowest BCUT2D eigenvalue weighted by atomic mass is 10.0. The topological polar surface area (TPSA) is 105 Å². The highest BCUT2D eigenvalue weighted by molar-refractivity contribution is 5.98. The van der Waals surface area contributed by atoms with Crippen molar-refractivity contribution < 1.29 is 19.7 Å². The van der Waals surface area contributed by atoms with Gasteiger partial charge in [0.15, 0.2) is 0 Å². The molecule has 1 aromatic rings. The van der Waals surface area contributed by atoms with Gasteiger partial charge in [-0.25, -0.2) is 0 Å². The molecule has 0 radical (unpaired) electrons. The number of nitrogens with two attached hydrogens (primary N) is 1. The molecule has 100 valence electrons. The molecule has 6 heteroatoms. The Labute approximate surface area is 105 Å². The van der Waals surface area contributed by atoms with Crippen molar-refractivity contribution in [3.63, 3.8) is 0 Å². The van der Waals surface area contributed by atoms with Gasteiger partial charge in [-0.1, -0.05) is 0 Å². The maximum absolute atomic E-state index is 12.0. The summed E-state index contributed by atoms with van der Waals surface area (Å²) >= 11 is 0. The number of aliphatic hydroxyl groups excluding tert-OH is 2. The number of hydrogen-bond acceptors (Lipinski definition) is 5. The molecule has 0 spiro atoms. The second kappa shape index (κ2) is 5.70. The van der Waals surface area contributed by atoms with Crippen molar-refractivity contribution in [3.05, 3.63) is 23.8 Å². The van der Waals surface area contributed by atoms with Crippen molar-refractivity contribution >= 4 is 11.6 Å². The van der Waals surface area contributed by atoms with E-state index in [0.29, 0.717) is 11.4 Å². The zero-order valence-corrected chi connectivity index (χ0v) is 10.4. The molecule has 0 fully saturated rings. The lowest BCUT2D eigenvalue weighted by Crippen LogP contribution is -2.51. The standard InChI is InChI=1S/C12H18N2O4/c1-12(6-15,7-16)14-11(17)9-5-8(13)3-4-10(9)18-2/h3-5,15-16H,6-7,13H2,1-2H3,(H,14,17). The number of aliphatic hydroxyl groups is 2. The first-order valence-corrected chi connectivity index (χ1v) is 5.43. The minimum Gasteiger partial charge on any atom is -0.496 e. The molecular weight excluding hydrogens is 236 g/mol. The minimum absolute atomic E-state index is 0.255. The summed E-state index contributed by atoms with van der Waals surface area (Å²) in [5, 5.41) is 20.8. The van der Waals surface area contributed by atoms with Gasteiger partial charge in [0.25, 0.3) is 5.91 Å². The maximum Gasteiger partial charge on any atom is 0.255 e. The first-order chi connectivity index (χ1) is 8.45. The minimum atomic E-state index is -1.09. The largest absolute Gasteiger partial charge is 0.496 e. The number of amides is 1. The van der Waals surface area contributed by atoms with Crippen LogP contribution in [0.3, 0.4) is 0 Å². The summed E-state index contributed by atoms with van der Waals surface area (Å²) in [4.78, 5) is 12.0. The molecule has 0 aliphatic heterocycles. The van der Waals surface area contributed by atoms with Gasteiger partial charge >= 0.3 is 0 Å². The Morgan fingerprint density at radius 3 is 2.56 bits per heavy atom. The average molecular weight is 254 g/mol. The quantitative estimate of drug-likeness (QED) is 0.542. The molecule has 0 saturated carbocycles. The summed E-state index contributed by atoms with van der Waals surface area (Å²) in [5.41, 5.74) is 5.21. The molecule has 0 bridgehead atoms. The van der Waals surface area contributed by atoms with Crippen LogP contribution >= 0.6 is 0 Å². The van der Waals surface area contributed by atoms with Gasteiger partial charge in [-0.05, 0) is 25.1 Å². The normalized spacial score (nSPS) is 11.1. The van der Waals surface area contributed by atoms with E-state index in [9.17, 15) is 4.79 Å². The van der Waals surface area contributed by atoms with E-state index in [1.807, 2.05) is 0 Å². The molecule has 1 aromatic carbocycles. The summed E-state index contributed by atoms with van der Waals surface area (Å²) in [6.45, 7) is 0.781. The van der Waals surface area contributed by atoms with Crippen LogP contribution in [-0.2, 0) is 0 Å². The fourth-order valence-corrected chi connectivity index (χ4v) is 1.37. The van der Waals surface area contributed by atoms with Crippen molar-refractivity contribution in [1.82, 2.24) is 5.32 Å². The zero-order valence-electron chi connectivity index (χ0n) is 10.4. The molecule has 5 N–H and O–H groups in total. The van der Waals surface area contributed by atoms with E-state index < -0.39 is 11.4 Å². The number of anilines is 1. The monoisotopic (exact) mass is 254 g/mol. The van der Waals surface area contributed by atoms with Crippen LogP contribution in [0.1, 0.15) is 17.3 Å². The van der Waals surface area contributed by atoms with Crippen LogP contribution in [0.4, 0.5) is 5.69 Å². The van der Waals surface area contributed by atoms with Crippen LogP contribution in [0.15, 0.2) is 18.2 Å². The van der Waals surface area contributed by atoms with E-state index in [1.165, 1.54) is 20.1 Å². The fraction of sp³-hybridized carbons (Fsp3) is 0.417.